The van der Waals surface area contributed by atoms with Crippen molar-refractivity contribution in [1.82, 2.24) is 0 Å². The summed E-state index contributed by atoms with van der Waals surface area (Å²) in [5.74, 6) is -3.07. The molecule has 1 aliphatic heterocycles. The van der Waals surface area contributed by atoms with Crippen molar-refractivity contribution >= 4 is 17.9 Å². The predicted octanol–water partition coefficient (Wildman–Crippen LogP) is 1.97. The molecule has 13 atom stereocenters. The van der Waals surface area contributed by atoms with Gasteiger partial charge < -0.3 is 35.3 Å². The zero-order valence-electron chi connectivity index (χ0n) is 23.1. The average Bonchev–Trinajstić information content (AvgIpc) is 3.25. The Morgan fingerprint density at radius 2 is 1.62 bits per heavy atom. The van der Waals surface area contributed by atoms with Gasteiger partial charge in [0.1, 0.15) is 17.0 Å². The van der Waals surface area contributed by atoms with E-state index in [1.165, 1.54) is 20.8 Å². The highest BCUT2D eigenvalue weighted by molar-refractivity contribution is 5.85. The van der Waals surface area contributed by atoms with Gasteiger partial charge in [-0.15, -0.1) is 0 Å². The minimum absolute atomic E-state index is 0. The first-order valence-corrected chi connectivity index (χ1v) is 14.4. The molecule has 0 spiro atoms. The van der Waals surface area contributed by atoms with Crippen LogP contribution in [0.25, 0.3) is 0 Å². The lowest BCUT2D eigenvalue weighted by molar-refractivity contribution is -0.254. The van der Waals surface area contributed by atoms with Gasteiger partial charge in [0.2, 0.25) is 0 Å². The summed E-state index contributed by atoms with van der Waals surface area (Å²) in [6.07, 6.45) is 3.50. The van der Waals surface area contributed by atoms with E-state index in [1.807, 2.05) is 13.0 Å². The monoisotopic (exact) mass is 563 g/mol. The number of hydrogen-bond acceptors (Lipinski definition) is 10. The zero-order valence-corrected chi connectivity index (χ0v) is 23.1. The first kappa shape index (κ1) is 29.5. The number of hydrogen-bond donors (Lipinski definition) is 4. The summed E-state index contributed by atoms with van der Waals surface area (Å²) >= 11 is 0. The largest absolute Gasteiger partial charge is 0.459 e. The number of allylic oxidation sites excluding steroid dienone is 1. The van der Waals surface area contributed by atoms with Gasteiger partial charge in [-0.1, -0.05) is 7.43 Å². The molecule has 40 heavy (non-hydrogen) atoms. The quantitative estimate of drug-likeness (QED) is 0.288. The van der Waals surface area contributed by atoms with Crippen LogP contribution in [0.5, 0.6) is 0 Å². The van der Waals surface area contributed by atoms with Crippen molar-refractivity contribution < 1.29 is 43.9 Å². The van der Waals surface area contributed by atoms with Gasteiger partial charge in [-0.05, 0) is 70.3 Å². The summed E-state index contributed by atoms with van der Waals surface area (Å²) in [6, 6.07) is -0.697. The first-order valence-electron chi connectivity index (χ1n) is 14.4. The molecule has 0 aromatic heterocycles. The second-order valence-corrected chi connectivity index (χ2v) is 13.5. The van der Waals surface area contributed by atoms with E-state index in [2.05, 4.69) is 0 Å². The van der Waals surface area contributed by atoms with E-state index < -0.39 is 64.3 Å². The summed E-state index contributed by atoms with van der Waals surface area (Å²) in [7, 11) is 0. The van der Waals surface area contributed by atoms with E-state index >= 15 is 0 Å². The Bertz CT molecular complexity index is 1140. The van der Waals surface area contributed by atoms with E-state index in [1.54, 1.807) is 0 Å². The van der Waals surface area contributed by atoms with Crippen LogP contribution in [0, 0.1) is 40.9 Å². The summed E-state index contributed by atoms with van der Waals surface area (Å²) in [4.78, 5) is 37.9. The van der Waals surface area contributed by atoms with Crippen LogP contribution in [-0.4, -0.2) is 68.3 Å². The summed E-state index contributed by atoms with van der Waals surface area (Å²) in [6.45, 7) is 6.07. The van der Waals surface area contributed by atoms with Crippen molar-refractivity contribution in [2.24, 2.45) is 46.7 Å². The fraction of sp³-hybridized carbons (Fsp3) is 0.833. The molecular formula is C30H45NO9. The number of aliphatic hydroxyl groups is 3. The molecule has 1 heterocycles. The summed E-state index contributed by atoms with van der Waals surface area (Å²) in [5, 5.41) is 34.0. The third kappa shape index (κ3) is 3.51. The molecule has 10 nitrogen and oxygen atoms in total. The van der Waals surface area contributed by atoms with Crippen molar-refractivity contribution in [3.05, 3.63) is 11.8 Å². The molecule has 5 N–H and O–H groups in total. The fourth-order valence-corrected chi connectivity index (χ4v) is 10.4. The molecule has 0 aromatic rings. The van der Waals surface area contributed by atoms with Gasteiger partial charge in [-0.25, -0.2) is 4.79 Å². The Morgan fingerprint density at radius 1 is 0.975 bits per heavy atom. The molecule has 1 saturated heterocycles. The van der Waals surface area contributed by atoms with Gasteiger partial charge >= 0.3 is 17.9 Å². The Balaban J connectivity index is 0.00000323. The van der Waals surface area contributed by atoms with Crippen LogP contribution < -0.4 is 5.73 Å². The maximum absolute atomic E-state index is 12.8. The number of ether oxygens (including phenoxy) is 3. The molecule has 0 aromatic carbocycles. The number of fused-ring (bicyclic) bond motifs is 9. The molecule has 4 saturated carbocycles. The van der Waals surface area contributed by atoms with Gasteiger partial charge in [0.25, 0.3) is 0 Å². The molecule has 0 radical (unpaired) electrons. The number of rotatable bonds is 2. The standard InChI is InChI=1S/C29H41NO9.CH4/c1-13(31)38-28-10-9-17-22(24(34)23(30)18-6-5-15(33)12-29(17,18)39-14(2)32)20(28)11-19-16(28)7-8-21-26(19,3)27(4,36)25(35)37-21;/h8,15-20,22-24,33-34,36H,5-7,9-12,30H2,1-4H3;1H4/t15-,16?,17?,18?,19?,20?,22?,23?,24?,26?,27?,28?,29?;/m0./s1. The van der Waals surface area contributed by atoms with Crippen LogP contribution in [0.1, 0.15) is 80.1 Å². The highest BCUT2D eigenvalue weighted by Crippen LogP contribution is 2.71. The van der Waals surface area contributed by atoms with Gasteiger partial charge in [-0.3, -0.25) is 9.59 Å². The molecule has 6 rings (SSSR count). The minimum atomic E-state index is -1.77. The van der Waals surface area contributed by atoms with E-state index in [0.29, 0.717) is 44.3 Å². The zero-order chi connectivity index (χ0) is 28.3. The summed E-state index contributed by atoms with van der Waals surface area (Å²) in [5.41, 5.74) is 1.95. The van der Waals surface area contributed by atoms with Crippen molar-refractivity contribution in [2.75, 3.05) is 0 Å². The number of carbonyl (C=O) groups is 3. The lowest BCUT2D eigenvalue weighted by Crippen LogP contribution is -2.72. The van der Waals surface area contributed by atoms with Crippen molar-refractivity contribution in [2.45, 2.75) is 115 Å². The summed E-state index contributed by atoms with van der Waals surface area (Å²) < 4.78 is 18.0. The highest BCUT2D eigenvalue weighted by atomic mass is 16.6. The molecule has 5 aliphatic carbocycles. The molecule has 0 bridgehead atoms. The number of esters is 3. The average molecular weight is 564 g/mol. The van der Waals surface area contributed by atoms with Gasteiger partial charge in [-0.2, -0.15) is 0 Å². The van der Waals surface area contributed by atoms with Crippen LogP contribution in [0.4, 0.5) is 0 Å². The molecule has 6 aliphatic rings. The lowest BCUT2D eigenvalue weighted by Gasteiger charge is -2.63. The maximum Gasteiger partial charge on any atom is 0.343 e. The Hall–Kier alpha value is -2.01. The van der Waals surface area contributed by atoms with E-state index in [0.717, 1.165) is 0 Å². The Labute approximate surface area is 235 Å². The van der Waals surface area contributed by atoms with Crippen LogP contribution in [0.2, 0.25) is 0 Å². The smallest absolute Gasteiger partial charge is 0.343 e. The van der Waals surface area contributed by atoms with Crippen molar-refractivity contribution in [3.8, 4) is 0 Å². The molecule has 10 heteroatoms. The highest BCUT2D eigenvalue weighted by Gasteiger charge is 2.76. The van der Waals surface area contributed by atoms with Crippen LogP contribution in [-0.2, 0) is 28.6 Å². The molecule has 224 valence electrons. The molecule has 12 unspecified atom stereocenters. The number of carbonyl (C=O) groups excluding carboxylic acids is 3. The number of nitrogens with two attached hydrogens (primary N) is 1. The Morgan fingerprint density at radius 3 is 2.27 bits per heavy atom. The number of aliphatic hydroxyl groups excluding tert-OH is 2. The van der Waals surface area contributed by atoms with Crippen molar-refractivity contribution in [3.63, 3.8) is 0 Å². The fourth-order valence-electron chi connectivity index (χ4n) is 10.4. The predicted molar refractivity (Wildman–Crippen MR) is 142 cm³/mol. The van der Waals surface area contributed by atoms with Gasteiger partial charge in [0.15, 0.2) is 5.60 Å². The SMILES string of the molecule is C.CC(=O)OC12C[C@@H](O)CCC1C(N)C(O)C1C2CCC2(OC(C)=O)C1CC1C2CC=C2OC(=O)C(C)(O)C21C. The minimum Gasteiger partial charge on any atom is -0.459 e. The lowest BCUT2D eigenvalue weighted by atomic mass is 9.47. The van der Waals surface area contributed by atoms with Crippen LogP contribution in [0.3, 0.4) is 0 Å². The first-order chi connectivity index (χ1) is 18.2. The van der Waals surface area contributed by atoms with E-state index in [9.17, 15) is 29.7 Å². The van der Waals surface area contributed by atoms with E-state index in [4.69, 9.17) is 19.9 Å². The van der Waals surface area contributed by atoms with Crippen LogP contribution >= 0.6 is 0 Å². The van der Waals surface area contributed by atoms with Gasteiger partial charge in [0, 0.05) is 50.0 Å². The molecule has 0 amide bonds. The molecule has 5 fully saturated rings. The normalized spacial score (nSPS) is 52.4. The third-order valence-electron chi connectivity index (χ3n) is 12.0. The van der Waals surface area contributed by atoms with E-state index in [-0.39, 0.29) is 43.4 Å². The Kier molecular flexibility index (Phi) is 6.81. The van der Waals surface area contributed by atoms with Crippen molar-refractivity contribution in [1.29, 1.82) is 0 Å². The van der Waals surface area contributed by atoms with Crippen LogP contribution in [0.15, 0.2) is 11.8 Å². The maximum atomic E-state index is 12.8. The van der Waals surface area contributed by atoms with Gasteiger partial charge in [0.05, 0.1) is 17.6 Å². The third-order valence-corrected chi connectivity index (χ3v) is 12.0. The molecular weight excluding hydrogens is 518 g/mol. The second kappa shape index (κ2) is 9.24. The topological polar surface area (TPSA) is 166 Å². The second-order valence-electron chi connectivity index (χ2n) is 13.5.